The molecule has 16 heavy (non-hydrogen) atoms. The van der Waals surface area contributed by atoms with Crippen molar-refractivity contribution in [2.24, 2.45) is 0 Å². The summed E-state index contributed by atoms with van der Waals surface area (Å²) >= 11 is 1.27. The largest absolute Gasteiger partial charge is 0.282 e. The van der Waals surface area contributed by atoms with Gasteiger partial charge >= 0.3 is 0 Å². The van der Waals surface area contributed by atoms with E-state index in [0.717, 1.165) is 23.3 Å². The van der Waals surface area contributed by atoms with Gasteiger partial charge in [0.05, 0.1) is 0 Å². The molecular formula is C14H18OS. The highest BCUT2D eigenvalue weighted by atomic mass is 32.2. The number of benzene rings is 1. The van der Waals surface area contributed by atoms with Gasteiger partial charge in [0.1, 0.15) is 0 Å². The Bertz CT molecular complexity index is 343. The van der Waals surface area contributed by atoms with E-state index in [1.807, 2.05) is 30.3 Å². The van der Waals surface area contributed by atoms with Gasteiger partial charge < -0.3 is 0 Å². The maximum atomic E-state index is 11.8. The summed E-state index contributed by atoms with van der Waals surface area (Å²) in [5, 5.41) is 0.0994. The van der Waals surface area contributed by atoms with Crippen LogP contribution in [-0.4, -0.2) is 5.12 Å². The fourth-order valence-electron chi connectivity index (χ4n) is 1.36. The number of hydrogen-bond acceptors (Lipinski definition) is 2. The van der Waals surface area contributed by atoms with Gasteiger partial charge in [-0.05, 0) is 42.3 Å². The summed E-state index contributed by atoms with van der Waals surface area (Å²) in [6.07, 6.45) is 4.23. The number of rotatable bonds is 6. The normalized spacial score (nSPS) is 10.1. The number of carbonyl (C=O) groups excluding carboxylic acids is 1. The van der Waals surface area contributed by atoms with Crippen LogP contribution in [0.3, 0.4) is 0 Å². The minimum atomic E-state index is 0.0994. The Morgan fingerprint density at radius 2 is 1.94 bits per heavy atom. The third kappa shape index (κ3) is 4.67. The zero-order valence-corrected chi connectivity index (χ0v) is 10.6. The highest BCUT2D eigenvalue weighted by Gasteiger charge is 2.08. The van der Waals surface area contributed by atoms with Crippen LogP contribution in [-0.2, 0) is 4.79 Å². The van der Waals surface area contributed by atoms with Crippen molar-refractivity contribution < 1.29 is 4.79 Å². The summed E-state index contributed by atoms with van der Waals surface area (Å²) in [5.74, 6) is 0. The lowest BCUT2D eigenvalue weighted by atomic mass is 10.1. The van der Waals surface area contributed by atoms with E-state index in [-0.39, 0.29) is 5.12 Å². The SMILES string of the molecule is C=C(CCCCC)C(=O)Sc1ccccc1. The van der Waals surface area contributed by atoms with E-state index in [1.165, 1.54) is 24.6 Å². The molecule has 0 spiro atoms. The molecule has 0 amide bonds. The molecule has 0 atom stereocenters. The number of thioether (sulfide) groups is 1. The standard InChI is InChI=1S/C14H18OS/c1-3-4-6-9-12(2)14(15)16-13-10-7-5-8-11-13/h5,7-8,10-11H,2-4,6,9H2,1H3. The van der Waals surface area contributed by atoms with Crippen molar-refractivity contribution in [3.8, 4) is 0 Å². The fraction of sp³-hybridized carbons (Fsp3) is 0.357. The molecule has 0 aromatic heterocycles. The summed E-state index contributed by atoms with van der Waals surface area (Å²) in [5.41, 5.74) is 0.738. The van der Waals surface area contributed by atoms with Gasteiger partial charge in [-0.3, -0.25) is 4.79 Å². The third-order valence-corrected chi connectivity index (χ3v) is 3.31. The van der Waals surface area contributed by atoms with Gasteiger partial charge in [-0.25, -0.2) is 0 Å². The number of unbranched alkanes of at least 4 members (excludes halogenated alkanes) is 2. The average molecular weight is 234 g/mol. The highest BCUT2D eigenvalue weighted by molar-refractivity contribution is 8.14. The Morgan fingerprint density at radius 1 is 1.25 bits per heavy atom. The maximum absolute atomic E-state index is 11.8. The molecule has 0 unspecified atom stereocenters. The quantitative estimate of drug-likeness (QED) is 0.411. The Morgan fingerprint density at radius 3 is 2.56 bits per heavy atom. The minimum absolute atomic E-state index is 0.0994. The second-order valence-electron chi connectivity index (χ2n) is 3.76. The fourth-order valence-corrected chi connectivity index (χ4v) is 2.11. The van der Waals surface area contributed by atoms with Crippen molar-refractivity contribution in [2.45, 2.75) is 37.5 Å². The number of hydrogen-bond donors (Lipinski definition) is 0. The first-order valence-corrected chi connectivity index (χ1v) is 6.50. The Labute approximate surface area is 102 Å². The lowest BCUT2D eigenvalue weighted by molar-refractivity contribution is -0.108. The molecule has 2 heteroatoms. The van der Waals surface area contributed by atoms with E-state index >= 15 is 0 Å². The Balaban J connectivity index is 2.38. The monoisotopic (exact) mass is 234 g/mol. The second kappa shape index (κ2) is 7.29. The van der Waals surface area contributed by atoms with E-state index in [2.05, 4.69) is 13.5 Å². The molecule has 0 bridgehead atoms. The van der Waals surface area contributed by atoms with Crippen LogP contribution in [0.25, 0.3) is 0 Å². The summed E-state index contributed by atoms with van der Waals surface area (Å²) in [4.78, 5) is 12.8. The summed E-state index contributed by atoms with van der Waals surface area (Å²) < 4.78 is 0. The van der Waals surface area contributed by atoms with Gasteiger partial charge in [0.2, 0.25) is 5.12 Å². The van der Waals surface area contributed by atoms with Crippen LogP contribution in [0.15, 0.2) is 47.4 Å². The zero-order chi connectivity index (χ0) is 11.8. The van der Waals surface area contributed by atoms with Gasteiger partial charge in [0.15, 0.2) is 0 Å². The van der Waals surface area contributed by atoms with Crippen LogP contribution in [0, 0.1) is 0 Å². The smallest absolute Gasteiger partial charge is 0.219 e. The summed E-state index contributed by atoms with van der Waals surface area (Å²) in [7, 11) is 0. The number of carbonyl (C=O) groups is 1. The molecule has 1 nitrogen and oxygen atoms in total. The van der Waals surface area contributed by atoms with E-state index < -0.39 is 0 Å². The average Bonchev–Trinajstić information content (AvgIpc) is 2.30. The van der Waals surface area contributed by atoms with Crippen molar-refractivity contribution in [2.75, 3.05) is 0 Å². The van der Waals surface area contributed by atoms with Crippen LogP contribution < -0.4 is 0 Å². The molecule has 1 aromatic rings. The van der Waals surface area contributed by atoms with Gasteiger partial charge in [-0.15, -0.1) is 0 Å². The molecule has 0 radical (unpaired) electrons. The van der Waals surface area contributed by atoms with Crippen molar-refractivity contribution in [1.82, 2.24) is 0 Å². The van der Waals surface area contributed by atoms with Crippen LogP contribution in [0.5, 0.6) is 0 Å². The first kappa shape index (κ1) is 13.0. The zero-order valence-electron chi connectivity index (χ0n) is 9.74. The maximum Gasteiger partial charge on any atom is 0.219 e. The Hall–Kier alpha value is -1.02. The third-order valence-electron chi connectivity index (χ3n) is 2.32. The highest BCUT2D eigenvalue weighted by Crippen LogP contribution is 2.23. The van der Waals surface area contributed by atoms with Crippen LogP contribution >= 0.6 is 11.8 Å². The van der Waals surface area contributed by atoms with Crippen LogP contribution in [0.1, 0.15) is 32.6 Å². The van der Waals surface area contributed by atoms with Gasteiger partial charge in [0.25, 0.3) is 0 Å². The summed E-state index contributed by atoms with van der Waals surface area (Å²) in [6.45, 7) is 6.01. The molecule has 0 aliphatic rings. The molecule has 0 fully saturated rings. The van der Waals surface area contributed by atoms with Crippen LogP contribution in [0.4, 0.5) is 0 Å². The van der Waals surface area contributed by atoms with Gasteiger partial charge in [-0.1, -0.05) is 44.5 Å². The lowest BCUT2D eigenvalue weighted by Crippen LogP contribution is -1.95. The van der Waals surface area contributed by atoms with Gasteiger partial charge in [0, 0.05) is 4.90 Å². The molecule has 0 aliphatic heterocycles. The van der Waals surface area contributed by atoms with Crippen LogP contribution in [0.2, 0.25) is 0 Å². The Kier molecular flexibility index (Phi) is 5.94. The predicted octanol–water partition coefficient (Wildman–Crippen LogP) is 4.44. The topological polar surface area (TPSA) is 17.1 Å². The van der Waals surface area contributed by atoms with Crippen molar-refractivity contribution >= 4 is 16.9 Å². The summed E-state index contributed by atoms with van der Waals surface area (Å²) in [6, 6.07) is 9.72. The lowest BCUT2D eigenvalue weighted by Gasteiger charge is -2.03. The molecular weight excluding hydrogens is 216 g/mol. The first-order valence-electron chi connectivity index (χ1n) is 5.69. The van der Waals surface area contributed by atoms with E-state index in [1.54, 1.807) is 0 Å². The molecule has 0 saturated carbocycles. The van der Waals surface area contributed by atoms with Crippen molar-refractivity contribution in [1.29, 1.82) is 0 Å². The second-order valence-corrected chi connectivity index (χ2v) is 4.81. The first-order chi connectivity index (χ1) is 7.74. The molecule has 1 rings (SSSR count). The molecule has 0 heterocycles. The molecule has 1 aromatic carbocycles. The van der Waals surface area contributed by atoms with E-state index in [0.29, 0.717) is 0 Å². The van der Waals surface area contributed by atoms with Crippen molar-refractivity contribution in [3.05, 3.63) is 42.5 Å². The predicted molar refractivity (Wildman–Crippen MR) is 70.6 cm³/mol. The van der Waals surface area contributed by atoms with E-state index in [4.69, 9.17) is 0 Å². The molecule has 0 aliphatic carbocycles. The van der Waals surface area contributed by atoms with Gasteiger partial charge in [-0.2, -0.15) is 0 Å². The molecule has 0 saturated heterocycles. The molecule has 0 N–H and O–H groups in total. The molecule has 86 valence electrons. The minimum Gasteiger partial charge on any atom is -0.282 e. The van der Waals surface area contributed by atoms with E-state index in [9.17, 15) is 4.79 Å². The van der Waals surface area contributed by atoms with Crippen molar-refractivity contribution in [3.63, 3.8) is 0 Å².